The number of imide groups is 2. The Hall–Kier alpha value is -3.12. The third-order valence-electron chi connectivity index (χ3n) is 5.00. The zero-order chi connectivity index (χ0) is 19.8. The van der Waals surface area contributed by atoms with Crippen LogP contribution in [0.1, 0.15) is 17.5 Å². The molecule has 4 rings (SSSR count). The average molecular weight is 396 g/mol. The molecule has 1 aliphatic carbocycles. The van der Waals surface area contributed by atoms with Gasteiger partial charge < -0.3 is 5.32 Å². The highest BCUT2D eigenvalue weighted by atomic mass is 35.5. The highest BCUT2D eigenvalue weighted by Crippen LogP contribution is 2.28. The van der Waals surface area contributed by atoms with E-state index in [4.69, 9.17) is 11.6 Å². The number of carbonyl (C=O) groups excluding carboxylic acids is 3. The minimum Gasteiger partial charge on any atom is -0.358 e. The van der Waals surface area contributed by atoms with Gasteiger partial charge in [0, 0.05) is 16.4 Å². The van der Waals surface area contributed by atoms with Crippen LogP contribution in [0.3, 0.4) is 0 Å². The molecule has 6 nitrogen and oxygen atoms in total. The molecule has 1 aliphatic heterocycles. The molecular formula is C21H18ClN3O3. The first-order valence-corrected chi connectivity index (χ1v) is 9.34. The maximum atomic E-state index is 13.0. The number of nitrogens with one attached hydrogen (secondary N) is 2. The Balaban J connectivity index is 1.57. The summed E-state index contributed by atoms with van der Waals surface area (Å²) in [7, 11) is 0. The zero-order valence-corrected chi connectivity index (χ0v) is 15.8. The first-order chi connectivity index (χ1) is 13.4. The normalized spacial score (nSPS) is 18.7. The monoisotopic (exact) mass is 395 g/mol. The molecule has 2 aromatic carbocycles. The van der Waals surface area contributed by atoms with Crippen LogP contribution in [0.25, 0.3) is 0 Å². The fraction of sp³-hybridized carbons (Fsp3) is 0.190. The van der Waals surface area contributed by atoms with E-state index in [1.54, 1.807) is 24.3 Å². The smallest absolute Gasteiger partial charge is 0.335 e. The van der Waals surface area contributed by atoms with E-state index in [-0.39, 0.29) is 5.70 Å². The molecule has 4 amide bonds. The fourth-order valence-corrected chi connectivity index (χ4v) is 3.75. The Morgan fingerprint density at radius 3 is 2.54 bits per heavy atom. The first kappa shape index (κ1) is 18.3. The van der Waals surface area contributed by atoms with Crippen LogP contribution < -0.4 is 15.5 Å². The molecule has 1 fully saturated rings. The van der Waals surface area contributed by atoms with Crippen molar-refractivity contribution in [2.75, 3.05) is 10.2 Å². The molecule has 0 spiro atoms. The summed E-state index contributed by atoms with van der Waals surface area (Å²) >= 11 is 5.87. The number of benzene rings is 2. The van der Waals surface area contributed by atoms with Crippen LogP contribution in [0.15, 0.2) is 54.7 Å². The van der Waals surface area contributed by atoms with Crippen LogP contribution in [0.4, 0.5) is 16.2 Å². The second-order valence-electron chi connectivity index (χ2n) is 6.86. The van der Waals surface area contributed by atoms with E-state index in [2.05, 4.69) is 17.2 Å². The Labute approximate surface area is 167 Å². The molecule has 0 saturated carbocycles. The van der Waals surface area contributed by atoms with Crippen LogP contribution in [0.5, 0.6) is 0 Å². The lowest BCUT2D eigenvalue weighted by molar-refractivity contribution is -0.132. The average Bonchev–Trinajstić information content (AvgIpc) is 3.10. The number of carbonyl (C=O) groups is 3. The number of hydrogen-bond donors (Lipinski definition) is 2. The Bertz CT molecular complexity index is 1000. The van der Waals surface area contributed by atoms with Gasteiger partial charge >= 0.3 is 6.03 Å². The SMILES string of the molecule is C=C(Nc1ccc2c(c1)CCC2)[C@@H]1C(=O)NC(=O)N(c2ccc(Cl)cc2)C1=O. The molecule has 7 heteroatoms. The molecule has 0 radical (unpaired) electrons. The third kappa shape index (κ3) is 3.27. The van der Waals surface area contributed by atoms with Gasteiger partial charge in [-0.3, -0.25) is 14.9 Å². The molecule has 1 heterocycles. The van der Waals surface area contributed by atoms with Crippen LogP contribution in [-0.4, -0.2) is 17.8 Å². The van der Waals surface area contributed by atoms with E-state index in [0.717, 1.165) is 29.8 Å². The van der Waals surface area contributed by atoms with Crippen molar-refractivity contribution in [1.29, 1.82) is 0 Å². The van der Waals surface area contributed by atoms with E-state index in [9.17, 15) is 14.4 Å². The third-order valence-corrected chi connectivity index (χ3v) is 5.25. The number of amides is 4. The summed E-state index contributed by atoms with van der Waals surface area (Å²) < 4.78 is 0. The van der Waals surface area contributed by atoms with E-state index in [1.807, 2.05) is 18.2 Å². The lowest BCUT2D eigenvalue weighted by Crippen LogP contribution is -2.59. The van der Waals surface area contributed by atoms with Gasteiger partial charge in [0.25, 0.3) is 5.91 Å². The molecule has 2 N–H and O–H groups in total. The minimum atomic E-state index is -1.22. The second-order valence-corrected chi connectivity index (χ2v) is 7.30. The van der Waals surface area contributed by atoms with Crippen LogP contribution in [0.2, 0.25) is 5.02 Å². The van der Waals surface area contributed by atoms with E-state index < -0.39 is 23.8 Å². The van der Waals surface area contributed by atoms with Crippen molar-refractivity contribution in [3.63, 3.8) is 0 Å². The maximum absolute atomic E-state index is 13.0. The largest absolute Gasteiger partial charge is 0.358 e. The summed E-state index contributed by atoms with van der Waals surface area (Å²) in [5, 5.41) is 5.76. The van der Waals surface area contributed by atoms with Crippen molar-refractivity contribution in [1.82, 2.24) is 5.32 Å². The summed E-state index contributed by atoms with van der Waals surface area (Å²) in [5.74, 6) is -2.57. The van der Waals surface area contributed by atoms with Gasteiger partial charge in [0.2, 0.25) is 5.91 Å². The summed E-state index contributed by atoms with van der Waals surface area (Å²) in [6.07, 6.45) is 3.21. The number of aryl methyl sites for hydroxylation is 2. The predicted molar refractivity (Wildman–Crippen MR) is 107 cm³/mol. The van der Waals surface area contributed by atoms with E-state index >= 15 is 0 Å². The van der Waals surface area contributed by atoms with Crippen molar-refractivity contribution < 1.29 is 14.4 Å². The number of rotatable bonds is 4. The Morgan fingerprint density at radius 1 is 1.07 bits per heavy atom. The van der Waals surface area contributed by atoms with Crippen LogP contribution >= 0.6 is 11.6 Å². The quantitative estimate of drug-likeness (QED) is 0.774. The molecule has 142 valence electrons. The lowest BCUT2D eigenvalue weighted by atomic mass is 10.00. The van der Waals surface area contributed by atoms with Gasteiger partial charge in [-0.2, -0.15) is 0 Å². The molecule has 0 bridgehead atoms. The van der Waals surface area contributed by atoms with Gasteiger partial charge in [0.05, 0.1) is 5.69 Å². The predicted octanol–water partition coefficient (Wildman–Crippen LogP) is 3.65. The molecule has 0 aromatic heterocycles. The van der Waals surface area contributed by atoms with Crippen molar-refractivity contribution in [2.45, 2.75) is 19.3 Å². The number of anilines is 2. The fourth-order valence-electron chi connectivity index (χ4n) is 3.62. The first-order valence-electron chi connectivity index (χ1n) is 8.96. The molecule has 1 atom stereocenters. The van der Waals surface area contributed by atoms with Gasteiger partial charge in [-0.05, 0) is 66.8 Å². The van der Waals surface area contributed by atoms with E-state index in [1.165, 1.54) is 11.1 Å². The summed E-state index contributed by atoms with van der Waals surface area (Å²) in [4.78, 5) is 38.5. The van der Waals surface area contributed by atoms with Gasteiger partial charge in [0.1, 0.15) is 0 Å². The Morgan fingerprint density at radius 2 is 1.79 bits per heavy atom. The van der Waals surface area contributed by atoms with Gasteiger partial charge in [-0.1, -0.05) is 24.2 Å². The molecule has 28 heavy (non-hydrogen) atoms. The molecular weight excluding hydrogens is 378 g/mol. The van der Waals surface area contributed by atoms with Crippen LogP contribution in [-0.2, 0) is 22.4 Å². The molecule has 0 unspecified atom stereocenters. The van der Waals surface area contributed by atoms with E-state index in [0.29, 0.717) is 10.7 Å². The van der Waals surface area contributed by atoms with Crippen molar-refractivity contribution in [3.8, 4) is 0 Å². The minimum absolute atomic E-state index is 0.215. The lowest BCUT2D eigenvalue weighted by Gasteiger charge is -2.31. The van der Waals surface area contributed by atoms with Gasteiger partial charge in [0.15, 0.2) is 5.92 Å². The maximum Gasteiger partial charge on any atom is 0.335 e. The molecule has 1 saturated heterocycles. The number of fused-ring (bicyclic) bond motifs is 1. The number of hydrogen-bond acceptors (Lipinski definition) is 4. The second kappa shape index (κ2) is 7.13. The Kier molecular flexibility index (Phi) is 4.65. The summed E-state index contributed by atoms with van der Waals surface area (Å²) in [6, 6.07) is 11.4. The van der Waals surface area contributed by atoms with Crippen LogP contribution in [0, 0.1) is 5.92 Å². The number of nitrogens with zero attached hydrogens (tertiary/aromatic N) is 1. The van der Waals surface area contributed by atoms with Crippen molar-refractivity contribution in [3.05, 3.63) is 70.9 Å². The highest BCUT2D eigenvalue weighted by molar-refractivity contribution is 6.31. The number of barbiturate groups is 1. The highest BCUT2D eigenvalue weighted by Gasteiger charge is 2.43. The topological polar surface area (TPSA) is 78.5 Å². The number of urea groups is 1. The summed E-state index contributed by atoms with van der Waals surface area (Å²) in [5.41, 5.74) is 3.89. The standard InChI is InChI=1S/C21H18ClN3O3/c1-12(23-16-8-5-13-3-2-4-14(13)11-16)18-19(26)24-21(28)25(20(18)27)17-9-6-15(22)7-10-17/h5-11,18,23H,1-4H2,(H,24,26,28)/t18-/m1/s1. The molecule has 2 aromatic rings. The van der Waals surface area contributed by atoms with Crippen molar-refractivity contribution >= 4 is 40.8 Å². The molecule has 2 aliphatic rings. The summed E-state index contributed by atoms with van der Waals surface area (Å²) in [6.45, 7) is 3.88. The van der Waals surface area contributed by atoms with Gasteiger partial charge in [-0.15, -0.1) is 0 Å². The number of halogens is 1. The van der Waals surface area contributed by atoms with Crippen molar-refractivity contribution in [2.24, 2.45) is 5.92 Å². The zero-order valence-electron chi connectivity index (χ0n) is 15.0. The van der Waals surface area contributed by atoms with Gasteiger partial charge in [-0.25, -0.2) is 9.69 Å².